The van der Waals surface area contributed by atoms with E-state index in [0.717, 1.165) is 95.6 Å². The summed E-state index contributed by atoms with van der Waals surface area (Å²) in [7, 11) is 0. The predicted molar refractivity (Wildman–Crippen MR) is 162 cm³/mol. The highest BCUT2D eigenvalue weighted by atomic mass is 32.1. The lowest BCUT2D eigenvalue weighted by atomic mass is 10.1. The molecule has 1 aliphatic carbocycles. The number of thiazole rings is 1. The molecule has 1 saturated heterocycles. The van der Waals surface area contributed by atoms with Gasteiger partial charge in [0.25, 0.3) is 0 Å². The third-order valence-corrected chi connectivity index (χ3v) is 8.27. The molecule has 6 rings (SSSR count). The lowest BCUT2D eigenvalue weighted by Gasteiger charge is -2.35. The molecule has 3 N–H and O–H groups in total. The van der Waals surface area contributed by atoms with Crippen LogP contribution in [0.25, 0.3) is 10.4 Å². The Balaban J connectivity index is 1.08. The van der Waals surface area contributed by atoms with Crippen LogP contribution in [0.5, 0.6) is 0 Å². The number of hydrogen-bond donors (Lipinski definition) is 3. The second kappa shape index (κ2) is 11.8. The van der Waals surface area contributed by atoms with Crippen molar-refractivity contribution in [1.29, 1.82) is 0 Å². The maximum Gasteiger partial charge on any atom is 0.324 e. The molecule has 0 atom stereocenters. The minimum absolute atomic E-state index is 0.358. The lowest BCUT2D eigenvalue weighted by molar-refractivity contribution is 0.258. The van der Waals surface area contributed by atoms with E-state index in [1.807, 2.05) is 44.3 Å². The smallest absolute Gasteiger partial charge is 0.324 e. The SMILES string of the molecule is CCCN1CCN(c2cc(Nc3ncc(-c4ccc(NC(=O)Nc5cc(C6CC6)on5)c(C)c4)s3)nc(C)n2)CC1. The molecule has 0 spiro atoms. The molecule has 1 aliphatic heterocycles. The van der Waals surface area contributed by atoms with Crippen molar-refractivity contribution in [2.45, 2.75) is 46.0 Å². The maximum absolute atomic E-state index is 12.5. The number of aryl methyl sites for hydroxylation is 2. The zero-order valence-corrected chi connectivity index (χ0v) is 24.4. The minimum Gasteiger partial charge on any atom is -0.359 e. The first-order chi connectivity index (χ1) is 19.9. The molecule has 0 bridgehead atoms. The summed E-state index contributed by atoms with van der Waals surface area (Å²) in [6, 6.07) is 9.36. The third-order valence-electron chi connectivity index (χ3n) is 7.31. The molecule has 2 amide bonds. The zero-order chi connectivity index (χ0) is 28.3. The Labute approximate surface area is 243 Å². The number of anilines is 5. The first-order valence-corrected chi connectivity index (χ1v) is 15.0. The van der Waals surface area contributed by atoms with Gasteiger partial charge in [-0.05, 0) is 62.9 Å². The fourth-order valence-electron chi connectivity index (χ4n) is 5.01. The average Bonchev–Trinajstić information content (AvgIpc) is 3.53. The van der Waals surface area contributed by atoms with Gasteiger partial charge in [0.2, 0.25) is 0 Å². The third kappa shape index (κ3) is 6.66. The molecule has 1 aromatic carbocycles. The second-order valence-electron chi connectivity index (χ2n) is 10.6. The van der Waals surface area contributed by atoms with Crippen LogP contribution in [-0.4, -0.2) is 63.8 Å². The highest BCUT2D eigenvalue weighted by Crippen LogP contribution is 2.40. The summed E-state index contributed by atoms with van der Waals surface area (Å²) >= 11 is 1.55. The molecule has 0 unspecified atom stereocenters. The number of nitrogens with zero attached hydrogens (tertiary/aromatic N) is 6. The van der Waals surface area contributed by atoms with Gasteiger partial charge in [0, 0.05) is 56.1 Å². The summed E-state index contributed by atoms with van der Waals surface area (Å²) in [6.07, 6.45) is 5.26. The molecule has 41 heavy (non-hydrogen) atoms. The van der Waals surface area contributed by atoms with E-state index < -0.39 is 0 Å². The van der Waals surface area contributed by atoms with E-state index in [2.05, 4.69) is 47.8 Å². The maximum atomic E-state index is 12.5. The molecule has 3 aromatic heterocycles. The highest BCUT2D eigenvalue weighted by Gasteiger charge is 2.28. The van der Waals surface area contributed by atoms with E-state index >= 15 is 0 Å². The topological polar surface area (TPSA) is 124 Å². The van der Waals surface area contributed by atoms with E-state index in [1.165, 1.54) is 6.42 Å². The van der Waals surface area contributed by atoms with Crippen molar-refractivity contribution in [3.8, 4) is 10.4 Å². The molecule has 2 aliphatic rings. The number of carbonyl (C=O) groups is 1. The first kappa shape index (κ1) is 27.2. The van der Waals surface area contributed by atoms with Gasteiger partial charge in [0.05, 0.1) is 4.88 Å². The van der Waals surface area contributed by atoms with E-state index in [-0.39, 0.29) is 6.03 Å². The van der Waals surface area contributed by atoms with Crippen LogP contribution >= 0.6 is 11.3 Å². The van der Waals surface area contributed by atoms with Crippen LogP contribution in [0.2, 0.25) is 0 Å². The average molecular weight is 574 g/mol. The van der Waals surface area contributed by atoms with Crippen LogP contribution in [0.1, 0.15) is 49.3 Å². The Morgan fingerprint density at radius 2 is 1.88 bits per heavy atom. The van der Waals surface area contributed by atoms with Crippen molar-refractivity contribution >= 4 is 45.6 Å². The van der Waals surface area contributed by atoms with Gasteiger partial charge in [-0.2, -0.15) is 0 Å². The zero-order valence-electron chi connectivity index (χ0n) is 23.6. The van der Waals surface area contributed by atoms with Gasteiger partial charge in [-0.15, -0.1) is 0 Å². The fraction of sp³-hybridized carbons (Fsp3) is 0.414. The van der Waals surface area contributed by atoms with Crippen molar-refractivity contribution in [3.05, 3.63) is 53.7 Å². The van der Waals surface area contributed by atoms with Crippen LogP contribution in [0, 0.1) is 13.8 Å². The van der Waals surface area contributed by atoms with Crippen molar-refractivity contribution in [3.63, 3.8) is 0 Å². The molecule has 12 heteroatoms. The van der Waals surface area contributed by atoms with E-state index in [9.17, 15) is 4.79 Å². The van der Waals surface area contributed by atoms with E-state index in [4.69, 9.17) is 9.51 Å². The number of aromatic nitrogens is 4. The summed E-state index contributed by atoms with van der Waals surface area (Å²) < 4.78 is 5.30. The first-order valence-electron chi connectivity index (χ1n) is 14.1. The largest absolute Gasteiger partial charge is 0.359 e. The Kier molecular flexibility index (Phi) is 7.84. The number of amides is 2. The summed E-state index contributed by atoms with van der Waals surface area (Å²) in [5.74, 6) is 4.11. The quantitative estimate of drug-likeness (QED) is 0.221. The van der Waals surface area contributed by atoms with Gasteiger partial charge >= 0.3 is 6.03 Å². The van der Waals surface area contributed by atoms with Gasteiger partial charge in [0.15, 0.2) is 10.9 Å². The fourth-order valence-corrected chi connectivity index (χ4v) is 5.82. The monoisotopic (exact) mass is 573 g/mol. The number of carbonyl (C=O) groups excluding carboxylic acids is 1. The summed E-state index contributed by atoms with van der Waals surface area (Å²) in [5.41, 5.74) is 2.68. The molecular weight excluding hydrogens is 538 g/mol. The number of nitrogens with one attached hydrogen (secondary N) is 3. The van der Waals surface area contributed by atoms with Gasteiger partial charge in [-0.3, -0.25) is 10.2 Å². The van der Waals surface area contributed by atoms with Crippen molar-refractivity contribution in [1.82, 2.24) is 25.0 Å². The Bertz CT molecular complexity index is 1520. The van der Waals surface area contributed by atoms with Crippen LogP contribution in [0.15, 0.2) is 41.1 Å². The summed E-state index contributed by atoms with van der Waals surface area (Å²) in [5, 5.41) is 13.7. The second-order valence-corrected chi connectivity index (χ2v) is 11.7. The van der Waals surface area contributed by atoms with E-state index in [1.54, 1.807) is 17.4 Å². The highest BCUT2D eigenvalue weighted by molar-refractivity contribution is 7.18. The standard InChI is InChI=1S/C29H35N9O2S/c1-4-9-37-10-12-38(13-11-37)27-16-25(31-19(3)32-27)35-29-30-17-24(41-29)21-7-8-22(18(2)14-21)33-28(39)34-26-15-23(40-36-26)20-5-6-20/h7-8,14-17,20H,4-6,9-13H2,1-3H3,(H,30,31,32,35)(H2,33,34,36,39). The van der Waals surface area contributed by atoms with Crippen molar-refractivity contribution in [2.24, 2.45) is 0 Å². The summed E-state index contributed by atoms with van der Waals surface area (Å²) in [6.45, 7) is 11.3. The molecule has 1 saturated carbocycles. The molecule has 4 heterocycles. The van der Waals surface area contributed by atoms with E-state index in [0.29, 0.717) is 11.7 Å². The Morgan fingerprint density at radius 3 is 2.63 bits per heavy atom. The molecule has 2 fully saturated rings. The molecule has 11 nitrogen and oxygen atoms in total. The number of benzene rings is 1. The predicted octanol–water partition coefficient (Wildman–Crippen LogP) is 6.00. The number of rotatable bonds is 9. The normalized spacial score (nSPS) is 15.6. The Morgan fingerprint density at radius 1 is 1.05 bits per heavy atom. The summed E-state index contributed by atoms with van der Waals surface area (Å²) in [4.78, 5) is 32.2. The number of piperazine rings is 1. The van der Waals surface area contributed by atoms with Gasteiger partial charge in [-0.25, -0.2) is 19.7 Å². The van der Waals surface area contributed by atoms with Crippen LogP contribution in [0.3, 0.4) is 0 Å². The van der Waals surface area contributed by atoms with Gasteiger partial charge < -0.3 is 20.1 Å². The van der Waals surface area contributed by atoms with Gasteiger partial charge in [0.1, 0.15) is 23.2 Å². The van der Waals surface area contributed by atoms with Crippen LogP contribution in [-0.2, 0) is 0 Å². The lowest BCUT2D eigenvalue weighted by Crippen LogP contribution is -2.46. The minimum atomic E-state index is -0.358. The number of hydrogen-bond acceptors (Lipinski definition) is 10. The van der Waals surface area contributed by atoms with Crippen LogP contribution < -0.4 is 20.9 Å². The molecule has 4 aromatic rings. The Hall–Kier alpha value is -4.03. The van der Waals surface area contributed by atoms with Crippen LogP contribution in [0.4, 0.5) is 33.1 Å². The number of urea groups is 1. The molecule has 0 radical (unpaired) electrons. The molecule has 214 valence electrons. The molecular formula is C29H35N9O2S. The van der Waals surface area contributed by atoms with Crippen molar-refractivity contribution in [2.75, 3.05) is 53.6 Å². The van der Waals surface area contributed by atoms with Crippen molar-refractivity contribution < 1.29 is 9.32 Å². The van der Waals surface area contributed by atoms with Gasteiger partial charge in [-0.1, -0.05) is 29.5 Å².